The van der Waals surface area contributed by atoms with Gasteiger partial charge in [0.25, 0.3) is 0 Å². The van der Waals surface area contributed by atoms with E-state index in [4.69, 9.17) is 0 Å². The molecule has 0 aliphatic heterocycles. The number of halogens is 3. The maximum atomic E-state index is 12.2. The van der Waals surface area contributed by atoms with Gasteiger partial charge in [-0.25, -0.2) is 4.98 Å². The summed E-state index contributed by atoms with van der Waals surface area (Å²) in [6.07, 6.45) is -1.39. The van der Waals surface area contributed by atoms with Gasteiger partial charge in [-0.3, -0.25) is 4.99 Å². The Labute approximate surface area is 145 Å². The molecule has 0 unspecified atom stereocenters. The monoisotopic (exact) mass is 353 g/mol. The number of rotatable bonds is 6. The Bertz CT molecular complexity index is 706. The number of hydrogen-bond donors (Lipinski definition) is 2. The minimum absolute atomic E-state index is 0.205. The first kappa shape index (κ1) is 18.8. The summed E-state index contributed by atoms with van der Waals surface area (Å²) in [5.74, 6) is 1.29. The average Bonchev–Trinajstić information content (AvgIpc) is 2.95. The van der Waals surface area contributed by atoms with Crippen LogP contribution in [0, 0.1) is 6.92 Å². The van der Waals surface area contributed by atoms with Crippen molar-refractivity contribution in [3.8, 4) is 0 Å². The third kappa shape index (κ3) is 6.48. The first-order valence-electron chi connectivity index (χ1n) is 7.94. The number of alkyl halides is 3. The van der Waals surface area contributed by atoms with E-state index in [1.54, 1.807) is 6.20 Å². The SMILES string of the molecule is CN=C(NCCC(F)(F)F)NCc1cccc(Cn2ccnc2C)c1. The fraction of sp³-hybridized carbons (Fsp3) is 0.412. The van der Waals surface area contributed by atoms with E-state index in [0.29, 0.717) is 12.5 Å². The van der Waals surface area contributed by atoms with Gasteiger partial charge in [-0.1, -0.05) is 24.3 Å². The van der Waals surface area contributed by atoms with Crippen LogP contribution in [0.1, 0.15) is 23.4 Å². The third-order valence-electron chi connectivity index (χ3n) is 3.65. The zero-order valence-electron chi connectivity index (χ0n) is 14.3. The summed E-state index contributed by atoms with van der Waals surface area (Å²) in [6, 6.07) is 7.99. The van der Waals surface area contributed by atoms with Crippen molar-refractivity contribution in [1.82, 2.24) is 20.2 Å². The lowest BCUT2D eigenvalue weighted by Crippen LogP contribution is -2.38. The zero-order chi connectivity index (χ0) is 18.3. The van der Waals surface area contributed by atoms with Crippen LogP contribution < -0.4 is 10.6 Å². The molecule has 0 spiro atoms. The van der Waals surface area contributed by atoms with Crippen molar-refractivity contribution in [2.24, 2.45) is 4.99 Å². The van der Waals surface area contributed by atoms with E-state index in [9.17, 15) is 13.2 Å². The molecule has 0 bridgehead atoms. The van der Waals surface area contributed by atoms with Crippen LogP contribution in [-0.2, 0) is 13.1 Å². The van der Waals surface area contributed by atoms with Gasteiger partial charge in [0, 0.05) is 39.1 Å². The normalized spacial score (nSPS) is 12.3. The van der Waals surface area contributed by atoms with E-state index in [0.717, 1.165) is 23.5 Å². The molecule has 0 saturated carbocycles. The number of nitrogens with zero attached hydrogens (tertiary/aromatic N) is 3. The van der Waals surface area contributed by atoms with Crippen molar-refractivity contribution in [2.75, 3.05) is 13.6 Å². The molecule has 0 saturated heterocycles. The highest BCUT2D eigenvalue weighted by Crippen LogP contribution is 2.18. The van der Waals surface area contributed by atoms with E-state index in [2.05, 4.69) is 26.7 Å². The van der Waals surface area contributed by atoms with Crippen LogP contribution in [0.15, 0.2) is 41.7 Å². The first-order valence-corrected chi connectivity index (χ1v) is 7.94. The van der Waals surface area contributed by atoms with Gasteiger partial charge in [0.2, 0.25) is 0 Å². The molecule has 0 aliphatic rings. The highest BCUT2D eigenvalue weighted by Gasteiger charge is 2.26. The lowest BCUT2D eigenvalue weighted by atomic mass is 10.1. The largest absolute Gasteiger partial charge is 0.390 e. The van der Waals surface area contributed by atoms with E-state index in [1.165, 1.54) is 7.05 Å². The second-order valence-corrected chi connectivity index (χ2v) is 5.64. The van der Waals surface area contributed by atoms with Gasteiger partial charge >= 0.3 is 6.18 Å². The standard InChI is InChI=1S/C17H22F3N5/c1-13-22-8-9-25(13)12-15-5-3-4-14(10-15)11-24-16(21-2)23-7-6-17(18,19)20/h3-5,8-10H,6-7,11-12H2,1-2H3,(H2,21,23,24). The second-order valence-electron chi connectivity index (χ2n) is 5.64. The number of imidazole rings is 1. The highest BCUT2D eigenvalue weighted by atomic mass is 19.4. The minimum atomic E-state index is -4.17. The van der Waals surface area contributed by atoms with Gasteiger partial charge in [-0.2, -0.15) is 13.2 Å². The van der Waals surface area contributed by atoms with Crippen LogP contribution in [-0.4, -0.2) is 35.3 Å². The smallest absolute Gasteiger partial charge is 0.356 e. The lowest BCUT2D eigenvalue weighted by Gasteiger charge is -2.13. The predicted octanol–water partition coefficient (Wildman–Crippen LogP) is 2.86. The number of hydrogen-bond acceptors (Lipinski definition) is 2. The highest BCUT2D eigenvalue weighted by molar-refractivity contribution is 5.79. The molecule has 136 valence electrons. The topological polar surface area (TPSA) is 54.2 Å². The zero-order valence-corrected chi connectivity index (χ0v) is 14.3. The minimum Gasteiger partial charge on any atom is -0.356 e. The number of aryl methyl sites for hydroxylation is 1. The maximum absolute atomic E-state index is 12.2. The van der Waals surface area contributed by atoms with Gasteiger partial charge in [0.05, 0.1) is 6.42 Å². The van der Waals surface area contributed by atoms with Crippen molar-refractivity contribution in [3.05, 3.63) is 53.6 Å². The van der Waals surface area contributed by atoms with Crippen LogP contribution in [0.2, 0.25) is 0 Å². The Kier molecular flexibility index (Phi) is 6.44. The number of guanidine groups is 1. The molecule has 1 heterocycles. The summed E-state index contributed by atoms with van der Waals surface area (Å²) in [4.78, 5) is 8.13. The Morgan fingerprint density at radius 3 is 2.64 bits per heavy atom. The summed E-state index contributed by atoms with van der Waals surface area (Å²) >= 11 is 0. The van der Waals surface area contributed by atoms with Crippen LogP contribution in [0.4, 0.5) is 13.2 Å². The Hall–Kier alpha value is -2.51. The molecule has 2 N–H and O–H groups in total. The van der Waals surface area contributed by atoms with Crippen molar-refractivity contribution in [3.63, 3.8) is 0 Å². The quantitative estimate of drug-likeness (QED) is 0.620. The molecule has 0 radical (unpaired) electrons. The molecule has 2 rings (SSSR count). The van der Waals surface area contributed by atoms with E-state index in [-0.39, 0.29) is 6.54 Å². The molecular formula is C17H22F3N5. The predicted molar refractivity (Wildman–Crippen MR) is 91.4 cm³/mol. The van der Waals surface area contributed by atoms with E-state index >= 15 is 0 Å². The maximum Gasteiger partial charge on any atom is 0.390 e. The molecule has 1 aromatic carbocycles. The number of aliphatic imine (C=N–C) groups is 1. The molecule has 8 heteroatoms. The van der Waals surface area contributed by atoms with E-state index < -0.39 is 12.6 Å². The van der Waals surface area contributed by atoms with Gasteiger partial charge in [-0.15, -0.1) is 0 Å². The molecule has 1 aromatic heterocycles. The molecule has 5 nitrogen and oxygen atoms in total. The summed E-state index contributed by atoms with van der Waals surface area (Å²) in [6.45, 7) is 2.94. The summed E-state index contributed by atoms with van der Waals surface area (Å²) in [5, 5.41) is 5.68. The first-order chi connectivity index (χ1) is 11.9. The number of benzene rings is 1. The lowest BCUT2D eigenvalue weighted by molar-refractivity contribution is -0.132. The molecule has 0 aliphatic carbocycles. The Morgan fingerprint density at radius 1 is 1.24 bits per heavy atom. The van der Waals surface area contributed by atoms with E-state index in [1.807, 2.05) is 35.9 Å². The van der Waals surface area contributed by atoms with Crippen molar-refractivity contribution < 1.29 is 13.2 Å². The molecule has 0 atom stereocenters. The van der Waals surface area contributed by atoms with Crippen molar-refractivity contribution in [2.45, 2.75) is 32.6 Å². The second kappa shape index (κ2) is 8.55. The average molecular weight is 353 g/mol. The fourth-order valence-corrected chi connectivity index (χ4v) is 2.33. The van der Waals surface area contributed by atoms with Gasteiger partial charge < -0.3 is 15.2 Å². The molecule has 2 aromatic rings. The number of nitrogens with one attached hydrogen (secondary N) is 2. The van der Waals surface area contributed by atoms with Crippen molar-refractivity contribution in [1.29, 1.82) is 0 Å². The Balaban J connectivity index is 1.87. The molecule has 25 heavy (non-hydrogen) atoms. The molecule has 0 fully saturated rings. The van der Waals surface area contributed by atoms with Gasteiger partial charge in [-0.05, 0) is 18.1 Å². The van der Waals surface area contributed by atoms with Gasteiger partial charge in [0.1, 0.15) is 5.82 Å². The fourth-order valence-electron chi connectivity index (χ4n) is 2.33. The van der Waals surface area contributed by atoms with Crippen LogP contribution in [0.5, 0.6) is 0 Å². The molecular weight excluding hydrogens is 331 g/mol. The van der Waals surface area contributed by atoms with Crippen LogP contribution in [0.25, 0.3) is 0 Å². The Morgan fingerprint density at radius 2 is 2.00 bits per heavy atom. The summed E-state index contributed by atoms with van der Waals surface area (Å²) < 4.78 is 38.6. The molecule has 0 amide bonds. The van der Waals surface area contributed by atoms with Gasteiger partial charge in [0.15, 0.2) is 5.96 Å². The summed E-state index contributed by atoms with van der Waals surface area (Å²) in [5.41, 5.74) is 2.15. The van der Waals surface area contributed by atoms with Crippen LogP contribution >= 0.6 is 0 Å². The summed E-state index contributed by atoms with van der Waals surface area (Å²) in [7, 11) is 1.53. The van der Waals surface area contributed by atoms with Crippen molar-refractivity contribution >= 4 is 5.96 Å². The van der Waals surface area contributed by atoms with Crippen LogP contribution in [0.3, 0.4) is 0 Å². The number of aromatic nitrogens is 2. The third-order valence-corrected chi connectivity index (χ3v) is 3.65.